The van der Waals surface area contributed by atoms with Crippen LogP contribution in [-0.2, 0) is 14.3 Å². The highest BCUT2D eigenvalue weighted by Gasteiger charge is 2.27. The highest BCUT2D eigenvalue weighted by atomic mass is 16.5. The average molecular weight is 295 g/mol. The lowest BCUT2D eigenvalue weighted by Crippen LogP contribution is -2.43. The first-order chi connectivity index (χ1) is 10.1. The van der Waals surface area contributed by atoms with E-state index in [1.165, 1.54) is 0 Å². The van der Waals surface area contributed by atoms with E-state index in [1.807, 2.05) is 4.90 Å². The van der Waals surface area contributed by atoms with Gasteiger partial charge in [-0.15, -0.1) is 0 Å². The molecule has 1 amide bonds. The van der Waals surface area contributed by atoms with E-state index in [9.17, 15) is 9.59 Å². The summed E-state index contributed by atoms with van der Waals surface area (Å²) in [6, 6.07) is 1.66. The van der Waals surface area contributed by atoms with Gasteiger partial charge in [-0.05, 0) is 33.2 Å². The maximum absolute atomic E-state index is 11.9. The fourth-order valence-electron chi connectivity index (χ4n) is 2.45. The van der Waals surface area contributed by atoms with Crippen molar-refractivity contribution in [1.29, 1.82) is 0 Å². The van der Waals surface area contributed by atoms with Crippen LogP contribution in [0.4, 0.5) is 5.88 Å². The largest absolute Gasteiger partial charge is 0.466 e. The van der Waals surface area contributed by atoms with Crippen molar-refractivity contribution >= 4 is 17.8 Å². The third-order valence-electron chi connectivity index (χ3n) is 3.38. The summed E-state index contributed by atoms with van der Waals surface area (Å²) in [5, 5.41) is 6.36. The maximum atomic E-state index is 11.9. The molecule has 2 heterocycles. The molecule has 1 N–H and O–H groups in total. The standard InChI is InChI=1S/C14H21N3O4/c1-3-20-14(19)11-5-4-6-17(8-11)9-12(18)15-13-7-10(2)16-21-13/h7,11H,3-6,8-9H2,1-2H3,(H,15,18)/t11-/m1/s1. The van der Waals surface area contributed by atoms with Gasteiger partial charge in [-0.3, -0.25) is 19.8 Å². The van der Waals surface area contributed by atoms with Crippen LogP contribution in [0.15, 0.2) is 10.6 Å². The zero-order chi connectivity index (χ0) is 15.2. The van der Waals surface area contributed by atoms with Gasteiger partial charge in [-0.1, -0.05) is 5.16 Å². The molecule has 1 atom stereocenters. The number of esters is 1. The van der Waals surface area contributed by atoms with Crippen LogP contribution in [0.1, 0.15) is 25.5 Å². The van der Waals surface area contributed by atoms with Gasteiger partial charge in [0, 0.05) is 12.6 Å². The number of aryl methyl sites for hydroxylation is 1. The first kappa shape index (κ1) is 15.5. The molecule has 21 heavy (non-hydrogen) atoms. The highest BCUT2D eigenvalue weighted by molar-refractivity contribution is 5.91. The van der Waals surface area contributed by atoms with E-state index in [0.29, 0.717) is 24.7 Å². The van der Waals surface area contributed by atoms with Crippen molar-refractivity contribution in [3.8, 4) is 0 Å². The molecule has 1 aromatic rings. The number of piperidine rings is 1. The van der Waals surface area contributed by atoms with Crippen molar-refractivity contribution < 1.29 is 18.8 Å². The predicted octanol–water partition coefficient (Wildman–Crippen LogP) is 1.20. The Bertz CT molecular complexity index is 500. The van der Waals surface area contributed by atoms with Crippen molar-refractivity contribution in [2.75, 3.05) is 31.6 Å². The second-order valence-corrected chi connectivity index (χ2v) is 5.21. The molecule has 1 fully saturated rings. The number of amides is 1. The summed E-state index contributed by atoms with van der Waals surface area (Å²) in [6.07, 6.45) is 1.70. The number of rotatable bonds is 5. The molecule has 0 spiro atoms. The van der Waals surface area contributed by atoms with Gasteiger partial charge in [0.2, 0.25) is 11.8 Å². The number of aromatic nitrogens is 1. The summed E-state index contributed by atoms with van der Waals surface area (Å²) in [7, 11) is 0. The third kappa shape index (κ3) is 4.56. The number of likely N-dealkylation sites (tertiary alicyclic amines) is 1. The Hall–Kier alpha value is -1.89. The number of carbonyl (C=O) groups excluding carboxylic acids is 2. The lowest BCUT2D eigenvalue weighted by atomic mass is 9.98. The quantitative estimate of drug-likeness (QED) is 0.822. The van der Waals surface area contributed by atoms with Gasteiger partial charge in [-0.2, -0.15) is 0 Å². The van der Waals surface area contributed by atoms with Crippen molar-refractivity contribution in [1.82, 2.24) is 10.1 Å². The Morgan fingerprint density at radius 2 is 2.38 bits per heavy atom. The van der Waals surface area contributed by atoms with Crippen molar-refractivity contribution in [2.45, 2.75) is 26.7 Å². The van der Waals surface area contributed by atoms with Crippen LogP contribution in [-0.4, -0.2) is 48.2 Å². The van der Waals surface area contributed by atoms with E-state index in [0.717, 1.165) is 19.4 Å². The van der Waals surface area contributed by atoms with Crippen LogP contribution in [0.3, 0.4) is 0 Å². The molecule has 1 aliphatic heterocycles. The van der Waals surface area contributed by atoms with E-state index in [4.69, 9.17) is 9.26 Å². The number of nitrogens with zero attached hydrogens (tertiary/aromatic N) is 2. The van der Waals surface area contributed by atoms with Crippen LogP contribution >= 0.6 is 0 Å². The SMILES string of the molecule is CCOC(=O)[C@@H]1CCCN(CC(=O)Nc2cc(C)no2)C1. The van der Waals surface area contributed by atoms with Gasteiger partial charge in [0.1, 0.15) is 0 Å². The number of hydrogen-bond donors (Lipinski definition) is 1. The van der Waals surface area contributed by atoms with Crippen LogP contribution in [0.2, 0.25) is 0 Å². The fraction of sp³-hybridized carbons (Fsp3) is 0.643. The van der Waals surface area contributed by atoms with Gasteiger partial charge >= 0.3 is 5.97 Å². The minimum absolute atomic E-state index is 0.140. The minimum atomic E-state index is -0.173. The van der Waals surface area contributed by atoms with Crippen LogP contribution in [0.5, 0.6) is 0 Å². The van der Waals surface area contributed by atoms with E-state index >= 15 is 0 Å². The van der Waals surface area contributed by atoms with E-state index < -0.39 is 0 Å². The molecule has 0 unspecified atom stereocenters. The number of anilines is 1. The monoisotopic (exact) mass is 295 g/mol. The van der Waals surface area contributed by atoms with Gasteiger partial charge in [0.15, 0.2) is 0 Å². The van der Waals surface area contributed by atoms with Gasteiger partial charge in [-0.25, -0.2) is 0 Å². The van der Waals surface area contributed by atoms with Crippen LogP contribution < -0.4 is 5.32 Å². The number of carbonyl (C=O) groups is 2. The minimum Gasteiger partial charge on any atom is -0.466 e. The molecule has 7 nitrogen and oxygen atoms in total. The molecule has 0 bridgehead atoms. The molecule has 0 saturated carbocycles. The molecular weight excluding hydrogens is 274 g/mol. The summed E-state index contributed by atoms with van der Waals surface area (Å²) >= 11 is 0. The fourth-order valence-corrected chi connectivity index (χ4v) is 2.45. The zero-order valence-electron chi connectivity index (χ0n) is 12.4. The van der Waals surface area contributed by atoms with E-state index in [2.05, 4.69) is 10.5 Å². The Kier molecular flexibility index (Phi) is 5.32. The van der Waals surface area contributed by atoms with E-state index in [1.54, 1.807) is 19.9 Å². The highest BCUT2D eigenvalue weighted by Crippen LogP contribution is 2.18. The molecule has 2 rings (SSSR count). The normalized spacial score (nSPS) is 19.2. The summed E-state index contributed by atoms with van der Waals surface area (Å²) in [6.45, 7) is 5.57. The maximum Gasteiger partial charge on any atom is 0.310 e. The summed E-state index contributed by atoms with van der Waals surface area (Å²) in [5.74, 6) is -0.139. The molecule has 1 saturated heterocycles. The zero-order valence-corrected chi connectivity index (χ0v) is 12.4. The van der Waals surface area contributed by atoms with Crippen molar-refractivity contribution in [3.63, 3.8) is 0 Å². The molecule has 0 radical (unpaired) electrons. The third-order valence-corrected chi connectivity index (χ3v) is 3.38. The molecule has 116 valence electrons. The van der Waals surface area contributed by atoms with Crippen molar-refractivity contribution in [3.05, 3.63) is 11.8 Å². The topological polar surface area (TPSA) is 84.7 Å². The predicted molar refractivity (Wildman–Crippen MR) is 75.7 cm³/mol. The second kappa shape index (κ2) is 7.21. The number of ether oxygens (including phenoxy) is 1. The molecule has 1 aromatic heterocycles. The average Bonchev–Trinajstić information content (AvgIpc) is 2.84. The Morgan fingerprint density at radius 3 is 3.05 bits per heavy atom. The lowest BCUT2D eigenvalue weighted by molar-refractivity contribution is -0.150. The number of nitrogens with one attached hydrogen (secondary N) is 1. The molecule has 7 heteroatoms. The molecule has 0 aromatic carbocycles. The lowest BCUT2D eigenvalue weighted by Gasteiger charge is -2.30. The first-order valence-electron chi connectivity index (χ1n) is 7.20. The summed E-state index contributed by atoms with van der Waals surface area (Å²) < 4.78 is 9.98. The summed E-state index contributed by atoms with van der Waals surface area (Å²) in [5.41, 5.74) is 0.714. The molecule has 0 aliphatic carbocycles. The number of hydrogen-bond acceptors (Lipinski definition) is 6. The second-order valence-electron chi connectivity index (χ2n) is 5.21. The van der Waals surface area contributed by atoms with Gasteiger partial charge < -0.3 is 9.26 Å². The van der Waals surface area contributed by atoms with Crippen LogP contribution in [0.25, 0.3) is 0 Å². The summed E-state index contributed by atoms with van der Waals surface area (Å²) in [4.78, 5) is 25.6. The molecular formula is C14H21N3O4. The Labute approximate surface area is 123 Å². The first-order valence-corrected chi connectivity index (χ1v) is 7.20. The van der Waals surface area contributed by atoms with Gasteiger partial charge in [0.25, 0.3) is 0 Å². The van der Waals surface area contributed by atoms with Crippen molar-refractivity contribution in [2.24, 2.45) is 5.92 Å². The molecule has 1 aliphatic rings. The van der Waals surface area contributed by atoms with Gasteiger partial charge in [0.05, 0.1) is 24.8 Å². The van der Waals surface area contributed by atoms with Crippen LogP contribution in [0, 0.1) is 12.8 Å². The van der Waals surface area contributed by atoms with E-state index in [-0.39, 0.29) is 24.3 Å². The Morgan fingerprint density at radius 1 is 1.57 bits per heavy atom. The Balaban J connectivity index is 1.81. The smallest absolute Gasteiger partial charge is 0.310 e.